The van der Waals surface area contributed by atoms with Crippen LogP contribution >= 0.6 is 11.8 Å². The van der Waals surface area contributed by atoms with Crippen molar-refractivity contribution in [2.45, 2.75) is 29.4 Å². The zero-order chi connectivity index (χ0) is 18.2. The lowest BCUT2D eigenvalue weighted by molar-refractivity contribution is 0.0740. The minimum absolute atomic E-state index is 0.0458. The highest BCUT2D eigenvalue weighted by Crippen LogP contribution is 2.40. The molecule has 2 aromatic rings. The van der Waals surface area contributed by atoms with Crippen LogP contribution in [0.5, 0.6) is 5.75 Å². The Hall–Kier alpha value is -1.98. The Kier molecular flexibility index (Phi) is 6.58. The molecule has 0 spiro atoms. The molecule has 0 saturated carbocycles. The van der Waals surface area contributed by atoms with E-state index in [4.69, 9.17) is 9.47 Å². The van der Waals surface area contributed by atoms with Crippen molar-refractivity contribution in [3.8, 4) is 5.75 Å². The quantitative estimate of drug-likeness (QED) is 0.794. The normalized spacial score (nSPS) is 16.0. The third-order valence-electron chi connectivity index (χ3n) is 4.48. The molecule has 1 aliphatic heterocycles. The van der Waals surface area contributed by atoms with Crippen molar-refractivity contribution >= 4 is 17.7 Å². The molecule has 1 aliphatic rings. The fourth-order valence-corrected chi connectivity index (χ4v) is 4.38. The topological polar surface area (TPSA) is 47.6 Å². The average Bonchev–Trinajstić information content (AvgIpc) is 2.68. The SMILES string of the molecule is CCOc1ccccc1C(=O)NCC1(Sc2ccccc2)CCOCC1. The van der Waals surface area contributed by atoms with Gasteiger partial charge in [0, 0.05) is 29.4 Å². The minimum atomic E-state index is -0.0893. The Balaban J connectivity index is 1.71. The minimum Gasteiger partial charge on any atom is -0.493 e. The molecule has 4 nitrogen and oxygen atoms in total. The van der Waals surface area contributed by atoms with Crippen LogP contribution in [0.3, 0.4) is 0 Å². The van der Waals surface area contributed by atoms with E-state index >= 15 is 0 Å². The first-order chi connectivity index (χ1) is 12.7. The van der Waals surface area contributed by atoms with E-state index in [0.717, 1.165) is 26.1 Å². The maximum atomic E-state index is 12.7. The largest absolute Gasteiger partial charge is 0.493 e. The molecule has 5 heteroatoms. The second kappa shape index (κ2) is 9.10. The summed E-state index contributed by atoms with van der Waals surface area (Å²) in [4.78, 5) is 14.0. The van der Waals surface area contributed by atoms with Crippen molar-refractivity contribution in [1.82, 2.24) is 5.32 Å². The van der Waals surface area contributed by atoms with Crippen LogP contribution in [0.2, 0.25) is 0 Å². The van der Waals surface area contributed by atoms with Crippen molar-refractivity contribution < 1.29 is 14.3 Å². The third kappa shape index (κ3) is 4.80. The van der Waals surface area contributed by atoms with E-state index in [1.165, 1.54) is 4.90 Å². The monoisotopic (exact) mass is 371 g/mol. The van der Waals surface area contributed by atoms with Gasteiger partial charge in [0.05, 0.1) is 12.2 Å². The lowest BCUT2D eigenvalue weighted by Gasteiger charge is -2.36. The zero-order valence-corrected chi connectivity index (χ0v) is 15.9. The van der Waals surface area contributed by atoms with Crippen molar-refractivity contribution in [3.05, 3.63) is 60.2 Å². The molecule has 1 amide bonds. The summed E-state index contributed by atoms with van der Waals surface area (Å²) in [5.41, 5.74) is 0.585. The van der Waals surface area contributed by atoms with Gasteiger partial charge in [0.1, 0.15) is 5.75 Å². The molecule has 0 aromatic heterocycles. The van der Waals surface area contributed by atoms with Crippen molar-refractivity contribution in [2.75, 3.05) is 26.4 Å². The third-order valence-corrected chi connectivity index (χ3v) is 5.98. The smallest absolute Gasteiger partial charge is 0.255 e. The first-order valence-corrected chi connectivity index (χ1v) is 9.86. The summed E-state index contributed by atoms with van der Waals surface area (Å²) in [6, 6.07) is 17.7. The number of thioether (sulfide) groups is 1. The maximum Gasteiger partial charge on any atom is 0.255 e. The number of amides is 1. The van der Waals surface area contributed by atoms with E-state index in [9.17, 15) is 4.79 Å². The van der Waals surface area contributed by atoms with E-state index in [1.54, 1.807) is 6.07 Å². The maximum absolute atomic E-state index is 12.7. The van der Waals surface area contributed by atoms with Gasteiger partial charge in [-0.2, -0.15) is 0 Å². The number of carbonyl (C=O) groups excluding carboxylic acids is 1. The highest BCUT2D eigenvalue weighted by atomic mass is 32.2. The number of ether oxygens (including phenoxy) is 2. The highest BCUT2D eigenvalue weighted by Gasteiger charge is 2.34. The molecule has 26 heavy (non-hydrogen) atoms. The van der Waals surface area contributed by atoms with Gasteiger partial charge in [-0.15, -0.1) is 11.8 Å². The molecule has 3 rings (SSSR count). The van der Waals surface area contributed by atoms with Gasteiger partial charge in [-0.1, -0.05) is 30.3 Å². The number of carbonyl (C=O) groups is 1. The molecule has 1 saturated heterocycles. The summed E-state index contributed by atoms with van der Waals surface area (Å²) in [5.74, 6) is 0.540. The molecule has 138 valence electrons. The predicted molar refractivity (Wildman–Crippen MR) is 105 cm³/mol. The van der Waals surface area contributed by atoms with Gasteiger partial charge in [0.25, 0.3) is 5.91 Å². The van der Waals surface area contributed by atoms with E-state index in [0.29, 0.717) is 24.5 Å². The van der Waals surface area contributed by atoms with Crippen LogP contribution < -0.4 is 10.1 Å². The van der Waals surface area contributed by atoms with Gasteiger partial charge in [-0.3, -0.25) is 4.79 Å². The van der Waals surface area contributed by atoms with Crippen LogP contribution in [-0.4, -0.2) is 37.0 Å². The highest BCUT2D eigenvalue weighted by molar-refractivity contribution is 8.00. The second-order valence-corrected chi connectivity index (χ2v) is 7.86. The molecule has 2 aromatic carbocycles. The van der Waals surface area contributed by atoms with E-state index in [1.807, 2.05) is 55.1 Å². The Morgan fingerprint density at radius 1 is 1.12 bits per heavy atom. The van der Waals surface area contributed by atoms with E-state index in [-0.39, 0.29) is 10.7 Å². The molecule has 0 aliphatic carbocycles. The van der Waals surface area contributed by atoms with Crippen LogP contribution in [-0.2, 0) is 4.74 Å². The predicted octanol–water partition coefficient (Wildman–Crippen LogP) is 4.16. The lowest BCUT2D eigenvalue weighted by Crippen LogP contribution is -2.44. The number of para-hydroxylation sites is 1. The van der Waals surface area contributed by atoms with Gasteiger partial charge in [-0.05, 0) is 44.0 Å². The van der Waals surface area contributed by atoms with Gasteiger partial charge in [0.2, 0.25) is 0 Å². The Labute approximate surface area is 159 Å². The van der Waals surface area contributed by atoms with Crippen molar-refractivity contribution in [2.24, 2.45) is 0 Å². The number of nitrogens with one attached hydrogen (secondary N) is 1. The van der Waals surface area contributed by atoms with Crippen LogP contribution in [0, 0.1) is 0 Å². The van der Waals surface area contributed by atoms with Gasteiger partial charge < -0.3 is 14.8 Å². The summed E-state index contributed by atoms with van der Waals surface area (Å²) in [6.45, 7) is 4.52. The van der Waals surface area contributed by atoms with Gasteiger partial charge in [-0.25, -0.2) is 0 Å². The van der Waals surface area contributed by atoms with Crippen molar-refractivity contribution in [3.63, 3.8) is 0 Å². The van der Waals surface area contributed by atoms with Crippen LogP contribution in [0.1, 0.15) is 30.1 Å². The summed E-state index contributed by atoms with van der Waals surface area (Å²) >= 11 is 1.84. The van der Waals surface area contributed by atoms with E-state index in [2.05, 4.69) is 17.4 Å². The zero-order valence-electron chi connectivity index (χ0n) is 15.1. The van der Waals surface area contributed by atoms with Crippen molar-refractivity contribution in [1.29, 1.82) is 0 Å². The Bertz CT molecular complexity index is 714. The fraction of sp³-hybridized carbons (Fsp3) is 0.381. The summed E-state index contributed by atoms with van der Waals surface area (Å²) in [7, 11) is 0. The molecule has 0 radical (unpaired) electrons. The summed E-state index contributed by atoms with van der Waals surface area (Å²) in [6.07, 6.45) is 1.83. The van der Waals surface area contributed by atoms with Gasteiger partial charge in [0.15, 0.2) is 0 Å². The number of benzene rings is 2. The first-order valence-electron chi connectivity index (χ1n) is 9.04. The summed E-state index contributed by atoms with van der Waals surface area (Å²) < 4.78 is 11.1. The Morgan fingerprint density at radius 2 is 1.81 bits per heavy atom. The fourth-order valence-electron chi connectivity index (χ4n) is 3.07. The molecule has 1 N–H and O–H groups in total. The van der Waals surface area contributed by atoms with Crippen LogP contribution in [0.25, 0.3) is 0 Å². The van der Waals surface area contributed by atoms with E-state index < -0.39 is 0 Å². The molecule has 0 unspecified atom stereocenters. The van der Waals surface area contributed by atoms with Gasteiger partial charge >= 0.3 is 0 Å². The molecular weight excluding hydrogens is 346 g/mol. The second-order valence-electron chi connectivity index (χ2n) is 6.32. The lowest BCUT2D eigenvalue weighted by atomic mass is 9.99. The molecular formula is C21H25NO3S. The first kappa shape index (κ1) is 18.8. The molecule has 1 fully saturated rings. The molecule has 0 atom stereocenters. The molecule has 1 heterocycles. The van der Waals surface area contributed by atoms with Crippen LogP contribution in [0.4, 0.5) is 0 Å². The molecule has 0 bridgehead atoms. The average molecular weight is 372 g/mol. The standard InChI is InChI=1S/C21H25NO3S/c1-2-25-19-11-7-6-10-18(19)20(23)22-16-21(12-14-24-15-13-21)26-17-8-4-3-5-9-17/h3-11H,2,12-16H2,1H3,(H,22,23). The number of hydrogen-bond acceptors (Lipinski definition) is 4. The van der Waals surface area contributed by atoms with Crippen LogP contribution in [0.15, 0.2) is 59.5 Å². The number of hydrogen-bond donors (Lipinski definition) is 1. The summed E-state index contributed by atoms with van der Waals surface area (Å²) in [5, 5.41) is 3.13. The Morgan fingerprint density at radius 3 is 2.54 bits per heavy atom. The number of rotatable bonds is 7.